The molecule has 2 fully saturated rings. The predicted octanol–water partition coefficient (Wildman–Crippen LogP) is 4.71. The van der Waals surface area contributed by atoms with Gasteiger partial charge in [0.15, 0.2) is 25.5 Å². The average Bonchev–Trinajstić information content (AvgIpc) is 3.81. The van der Waals surface area contributed by atoms with E-state index < -0.39 is 80.3 Å². The van der Waals surface area contributed by atoms with Crippen molar-refractivity contribution in [3.05, 3.63) is 120 Å². The van der Waals surface area contributed by atoms with Crippen LogP contribution < -0.4 is 15.1 Å². The van der Waals surface area contributed by atoms with Gasteiger partial charge in [0.1, 0.15) is 11.6 Å². The largest absolute Gasteiger partial charge is 0.415 e. The number of amides is 5. The second-order valence-electron chi connectivity index (χ2n) is 14.7. The Hall–Kier alpha value is -6.96. The van der Waals surface area contributed by atoms with Crippen molar-refractivity contribution in [2.45, 2.75) is 25.9 Å². The summed E-state index contributed by atoms with van der Waals surface area (Å²) in [5.74, 6) is -4.66. The number of Topliss-reactive ketones (excluding diaryl/α,β-unsaturated/α-hetero) is 1. The number of anilines is 2. The number of pyridine rings is 2. The maximum absolute atomic E-state index is 13.4. The Morgan fingerprint density at radius 2 is 1.10 bits per heavy atom. The molecule has 5 aromatic rings. The Bertz CT molecular complexity index is 2740. The lowest BCUT2D eigenvalue weighted by Gasteiger charge is -2.32. The molecule has 0 unspecified atom stereocenters. The first-order chi connectivity index (χ1) is 31.8. The third-order valence-electron chi connectivity index (χ3n) is 10.1. The second kappa shape index (κ2) is 21.6. The van der Waals surface area contributed by atoms with E-state index in [1.807, 2.05) is 5.32 Å². The number of urea groups is 2. The van der Waals surface area contributed by atoms with E-state index in [1.54, 1.807) is 6.07 Å². The highest BCUT2D eigenvalue weighted by Crippen LogP contribution is 2.25. The molecule has 0 spiro atoms. The first kappa shape index (κ1) is 49.5. The van der Waals surface area contributed by atoms with E-state index in [4.69, 9.17) is 4.42 Å². The molecule has 5 heterocycles. The number of aromatic nitrogens is 4. The van der Waals surface area contributed by atoms with Gasteiger partial charge in [-0.15, -0.1) is 10.2 Å². The standard InChI is InChI=1S/C21H21F3N4O5S.C20H18F3N5O4S/c22-15-2-5-17(6-3-15)28(21(31)27-7-9-34(32,33)10-8-27)13-16-4-1-14(11-25-16)18(29)12-26-20(30)19(23)24;21-14-2-5-16(6-3-14)28(20(29)27-7-9-33(30,31)10-8-27)12-15-4-1-13(11-24-15)18-25-26-19(32-18)17(22)23/h1-6,11,19H,7-10,12-13H2,(H,26,30);1-6,11,17H,7-10,12H2. The summed E-state index contributed by atoms with van der Waals surface area (Å²) in [6.45, 7) is -0.551. The fourth-order valence-corrected chi connectivity index (χ4v) is 8.77. The SMILES string of the molecule is O=C(CNC(=O)C(F)F)c1ccc(CN(C(=O)N2CCS(=O)(=O)CC2)c2ccc(F)cc2)nc1.O=C(N1CCS(=O)(=O)CC1)N(Cc1ccc(-c2nnc(C(F)F)o2)cn1)c1ccc(F)cc1. The molecule has 3 aromatic heterocycles. The van der Waals surface area contributed by atoms with Gasteiger partial charge >= 0.3 is 24.9 Å². The first-order valence-corrected chi connectivity index (χ1v) is 23.6. The topological polar surface area (TPSA) is 226 Å². The molecule has 67 heavy (non-hydrogen) atoms. The number of benzene rings is 2. The van der Waals surface area contributed by atoms with Crippen LogP contribution in [-0.4, -0.2) is 133 Å². The predicted molar refractivity (Wildman–Crippen MR) is 226 cm³/mol. The Kier molecular flexibility index (Phi) is 15.9. The van der Waals surface area contributed by atoms with Crippen LogP contribution in [-0.2, 0) is 37.6 Å². The van der Waals surface area contributed by atoms with Gasteiger partial charge in [-0.3, -0.25) is 29.4 Å². The lowest BCUT2D eigenvalue weighted by atomic mass is 10.1. The average molecular weight is 980 g/mol. The van der Waals surface area contributed by atoms with E-state index >= 15 is 0 Å². The highest BCUT2D eigenvalue weighted by Gasteiger charge is 2.31. The van der Waals surface area contributed by atoms with Crippen molar-refractivity contribution in [2.24, 2.45) is 0 Å². The van der Waals surface area contributed by atoms with E-state index in [0.29, 0.717) is 28.3 Å². The second-order valence-corrected chi connectivity index (χ2v) is 19.3. The van der Waals surface area contributed by atoms with Crippen LogP contribution in [0.5, 0.6) is 0 Å². The summed E-state index contributed by atoms with van der Waals surface area (Å²) in [4.78, 5) is 63.2. The quantitative estimate of drug-likeness (QED) is 0.132. The van der Waals surface area contributed by atoms with E-state index in [2.05, 4.69) is 20.2 Å². The van der Waals surface area contributed by atoms with Gasteiger partial charge in [-0.05, 0) is 72.8 Å². The molecule has 2 saturated heterocycles. The molecular formula is C41H39F6N9O9S2. The fourth-order valence-electron chi connectivity index (χ4n) is 6.37. The lowest BCUT2D eigenvalue weighted by Crippen LogP contribution is -2.49. The number of carbonyl (C=O) groups is 4. The Morgan fingerprint density at radius 3 is 1.49 bits per heavy atom. The molecule has 0 saturated carbocycles. The summed E-state index contributed by atoms with van der Waals surface area (Å²) < 4.78 is 128. The van der Waals surface area contributed by atoms with E-state index in [9.17, 15) is 62.4 Å². The third-order valence-corrected chi connectivity index (χ3v) is 13.3. The highest BCUT2D eigenvalue weighted by atomic mass is 32.2. The molecule has 2 aliphatic heterocycles. The van der Waals surface area contributed by atoms with Crippen molar-refractivity contribution in [3.63, 3.8) is 0 Å². The van der Waals surface area contributed by atoms with Crippen molar-refractivity contribution >= 4 is 54.8 Å². The summed E-state index contributed by atoms with van der Waals surface area (Å²) in [6.07, 6.45) is -3.59. The fraction of sp³-hybridized carbons (Fsp3) is 0.317. The van der Waals surface area contributed by atoms with Crippen molar-refractivity contribution in [2.75, 3.05) is 65.5 Å². The molecule has 2 aromatic carbocycles. The van der Waals surface area contributed by atoms with Crippen LogP contribution in [0.1, 0.15) is 34.1 Å². The van der Waals surface area contributed by atoms with Crippen LogP contribution in [0.15, 0.2) is 89.6 Å². The summed E-state index contributed by atoms with van der Waals surface area (Å²) in [6, 6.07) is 15.4. The van der Waals surface area contributed by atoms with E-state index in [1.165, 1.54) is 98.7 Å². The summed E-state index contributed by atoms with van der Waals surface area (Å²) >= 11 is 0. The molecule has 7 rings (SSSR count). The number of carbonyl (C=O) groups excluding carboxylic acids is 4. The molecular weight excluding hydrogens is 941 g/mol. The molecule has 5 amide bonds. The highest BCUT2D eigenvalue weighted by molar-refractivity contribution is 7.91. The number of nitrogens with one attached hydrogen (secondary N) is 1. The number of hydrogen-bond donors (Lipinski definition) is 1. The van der Waals surface area contributed by atoms with Gasteiger partial charge in [0.05, 0.1) is 59.6 Å². The minimum atomic E-state index is -3.23. The van der Waals surface area contributed by atoms with Crippen molar-refractivity contribution in [3.8, 4) is 11.5 Å². The van der Waals surface area contributed by atoms with Gasteiger partial charge < -0.3 is 19.5 Å². The number of halogens is 6. The first-order valence-electron chi connectivity index (χ1n) is 19.9. The summed E-state index contributed by atoms with van der Waals surface area (Å²) in [7, 11) is -6.39. The number of sulfone groups is 2. The minimum absolute atomic E-state index is 0.000112. The zero-order valence-electron chi connectivity index (χ0n) is 34.9. The van der Waals surface area contributed by atoms with Gasteiger partial charge in [0.2, 0.25) is 5.89 Å². The van der Waals surface area contributed by atoms with Crippen LogP contribution in [0.3, 0.4) is 0 Å². The number of nitrogens with zero attached hydrogens (tertiary/aromatic N) is 8. The van der Waals surface area contributed by atoms with Crippen molar-refractivity contribution in [1.82, 2.24) is 35.3 Å². The molecule has 1 N–H and O–H groups in total. The van der Waals surface area contributed by atoms with Crippen LogP contribution in [0.2, 0.25) is 0 Å². The zero-order valence-corrected chi connectivity index (χ0v) is 36.5. The number of rotatable bonds is 12. The third kappa shape index (κ3) is 13.6. The Labute approximate surface area is 378 Å². The van der Waals surface area contributed by atoms with Gasteiger partial charge in [-0.25, -0.2) is 35.2 Å². The molecule has 0 aliphatic carbocycles. The molecule has 2 aliphatic rings. The van der Waals surface area contributed by atoms with Crippen LogP contribution in [0, 0.1) is 11.6 Å². The maximum atomic E-state index is 13.4. The van der Waals surface area contributed by atoms with Crippen LogP contribution >= 0.6 is 0 Å². The molecule has 0 bridgehead atoms. The lowest BCUT2D eigenvalue weighted by molar-refractivity contribution is -0.131. The molecule has 356 valence electrons. The van der Waals surface area contributed by atoms with Gasteiger partial charge in [0.25, 0.3) is 11.8 Å². The summed E-state index contributed by atoms with van der Waals surface area (Å²) in [5.41, 5.74) is 1.94. The van der Waals surface area contributed by atoms with Crippen LogP contribution in [0.4, 0.5) is 47.3 Å². The van der Waals surface area contributed by atoms with Gasteiger partial charge in [0, 0.05) is 55.5 Å². The number of alkyl halides is 4. The molecule has 26 heteroatoms. The zero-order chi connectivity index (χ0) is 48.5. The van der Waals surface area contributed by atoms with Crippen molar-refractivity contribution in [1.29, 1.82) is 0 Å². The smallest absolute Gasteiger partial charge is 0.324 e. The number of ketones is 1. The normalized spacial score (nSPS) is 15.3. The minimum Gasteiger partial charge on any atom is -0.415 e. The Morgan fingerprint density at radius 1 is 0.642 bits per heavy atom. The maximum Gasteiger partial charge on any atom is 0.324 e. The monoisotopic (exact) mass is 979 g/mol. The molecule has 0 radical (unpaired) electrons. The molecule has 0 atom stereocenters. The van der Waals surface area contributed by atoms with Gasteiger partial charge in [-0.2, -0.15) is 17.6 Å². The summed E-state index contributed by atoms with van der Waals surface area (Å²) in [5, 5.41) is 8.64. The Balaban J connectivity index is 0.000000221. The van der Waals surface area contributed by atoms with E-state index in [-0.39, 0.29) is 73.7 Å². The van der Waals surface area contributed by atoms with Crippen molar-refractivity contribution < 1.29 is 66.8 Å². The van der Waals surface area contributed by atoms with Crippen LogP contribution in [0.25, 0.3) is 11.5 Å². The van der Waals surface area contributed by atoms with E-state index in [0.717, 1.165) is 0 Å². The molecule has 18 nitrogen and oxygen atoms in total. The number of hydrogen-bond acceptors (Lipinski definition) is 13. The van der Waals surface area contributed by atoms with Gasteiger partial charge in [-0.1, -0.05) is 0 Å².